The van der Waals surface area contributed by atoms with Crippen molar-refractivity contribution in [2.75, 3.05) is 0 Å². The smallest absolute Gasteiger partial charge is 0.268 e. The Labute approximate surface area is 118 Å². The molecule has 1 heterocycles. The molecular formula is C14H11ClF3NO. The van der Waals surface area contributed by atoms with Gasteiger partial charge in [0.1, 0.15) is 5.82 Å². The van der Waals surface area contributed by atoms with Gasteiger partial charge in [-0.15, -0.1) is 0 Å². The second-order valence-electron chi connectivity index (χ2n) is 4.26. The fourth-order valence-electron chi connectivity index (χ4n) is 1.94. The van der Waals surface area contributed by atoms with Crippen LogP contribution in [0.1, 0.15) is 23.2 Å². The number of halogens is 4. The molecule has 0 atom stereocenters. The van der Waals surface area contributed by atoms with Crippen molar-refractivity contribution in [3.8, 4) is 11.1 Å². The molecule has 0 aliphatic rings. The molecule has 1 aromatic carbocycles. The summed E-state index contributed by atoms with van der Waals surface area (Å²) in [5.41, 5.74) is 0.417. The Morgan fingerprint density at radius 1 is 1.30 bits per heavy atom. The lowest BCUT2D eigenvalue weighted by molar-refractivity contribution is 0.146. The molecule has 1 aromatic heterocycles. The predicted molar refractivity (Wildman–Crippen MR) is 70.3 cm³/mol. The van der Waals surface area contributed by atoms with E-state index in [1.807, 2.05) is 0 Å². The van der Waals surface area contributed by atoms with Crippen molar-refractivity contribution in [3.63, 3.8) is 0 Å². The van der Waals surface area contributed by atoms with Crippen LogP contribution in [0.25, 0.3) is 11.1 Å². The molecule has 2 aromatic rings. The van der Waals surface area contributed by atoms with E-state index >= 15 is 0 Å². The van der Waals surface area contributed by atoms with Crippen LogP contribution in [0.5, 0.6) is 0 Å². The fourth-order valence-corrected chi connectivity index (χ4v) is 2.17. The monoisotopic (exact) mass is 301 g/mol. The van der Waals surface area contributed by atoms with Crippen LogP contribution in [0.4, 0.5) is 13.2 Å². The number of pyridine rings is 1. The van der Waals surface area contributed by atoms with Crippen molar-refractivity contribution in [2.45, 2.75) is 20.0 Å². The van der Waals surface area contributed by atoms with E-state index in [2.05, 4.69) is 4.98 Å². The van der Waals surface area contributed by atoms with E-state index in [1.165, 1.54) is 24.4 Å². The van der Waals surface area contributed by atoms with Gasteiger partial charge >= 0.3 is 0 Å². The summed E-state index contributed by atoms with van der Waals surface area (Å²) in [6.07, 6.45) is -1.62. The quantitative estimate of drug-likeness (QED) is 0.918. The first-order valence-corrected chi connectivity index (χ1v) is 6.16. The molecule has 0 fully saturated rings. The SMILES string of the molecule is Cc1cc(-c2ccc(Cl)c(C(F)F)c2F)c(CO)cn1. The summed E-state index contributed by atoms with van der Waals surface area (Å²) in [7, 11) is 0. The average molecular weight is 302 g/mol. The molecule has 0 unspecified atom stereocenters. The van der Waals surface area contributed by atoms with Crippen molar-refractivity contribution in [2.24, 2.45) is 0 Å². The van der Waals surface area contributed by atoms with Crippen LogP contribution in [0.15, 0.2) is 24.4 Å². The molecule has 0 saturated heterocycles. The van der Waals surface area contributed by atoms with Crippen molar-refractivity contribution in [1.29, 1.82) is 0 Å². The lowest BCUT2D eigenvalue weighted by Gasteiger charge is -2.13. The molecule has 2 rings (SSSR count). The Kier molecular flexibility index (Phi) is 4.30. The fraction of sp³-hybridized carbons (Fsp3) is 0.214. The highest BCUT2D eigenvalue weighted by Crippen LogP contribution is 2.36. The zero-order chi connectivity index (χ0) is 14.9. The normalized spacial score (nSPS) is 11.2. The third kappa shape index (κ3) is 2.64. The second-order valence-corrected chi connectivity index (χ2v) is 4.67. The number of rotatable bonds is 3. The molecule has 1 N–H and O–H groups in total. The molecular weight excluding hydrogens is 291 g/mol. The van der Waals surface area contributed by atoms with Gasteiger partial charge in [0.2, 0.25) is 0 Å². The summed E-state index contributed by atoms with van der Waals surface area (Å²) in [4.78, 5) is 3.98. The summed E-state index contributed by atoms with van der Waals surface area (Å²) in [6.45, 7) is 1.32. The molecule has 0 radical (unpaired) electrons. The molecule has 0 aliphatic carbocycles. The van der Waals surface area contributed by atoms with E-state index in [1.54, 1.807) is 6.92 Å². The molecule has 0 bridgehead atoms. The summed E-state index contributed by atoms with van der Waals surface area (Å²) in [6, 6.07) is 4.07. The molecule has 0 saturated carbocycles. The zero-order valence-corrected chi connectivity index (χ0v) is 11.3. The van der Waals surface area contributed by atoms with Crippen LogP contribution in [0.2, 0.25) is 5.02 Å². The lowest BCUT2D eigenvalue weighted by atomic mass is 9.98. The molecule has 0 amide bonds. The van der Waals surface area contributed by atoms with Crippen LogP contribution < -0.4 is 0 Å². The number of aromatic nitrogens is 1. The number of nitrogens with zero attached hydrogens (tertiary/aromatic N) is 1. The Hall–Kier alpha value is -1.59. The number of hydrogen-bond donors (Lipinski definition) is 1. The van der Waals surface area contributed by atoms with E-state index in [0.717, 1.165) is 0 Å². The molecule has 106 valence electrons. The third-order valence-corrected chi connectivity index (χ3v) is 3.26. The van der Waals surface area contributed by atoms with Gasteiger partial charge in [0, 0.05) is 23.0 Å². The maximum absolute atomic E-state index is 14.3. The van der Waals surface area contributed by atoms with Crippen molar-refractivity contribution in [3.05, 3.63) is 52.1 Å². The highest BCUT2D eigenvalue weighted by atomic mass is 35.5. The first-order chi connectivity index (χ1) is 9.45. The van der Waals surface area contributed by atoms with Gasteiger partial charge in [-0.2, -0.15) is 0 Å². The summed E-state index contributed by atoms with van der Waals surface area (Å²) >= 11 is 5.61. The van der Waals surface area contributed by atoms with Crippen molar-refractivity contribution in [1.82, 2.24) is 4.98 Å². The Balaban J connectivity index is 2.71. The minimum atomic E-state index is -3.01. The van der Waals surface area contributed by atoms with E-state index in [4.69, 9.17) is 11.6 Å². The number of aliphatic hydroxyl groups excluding tert-OH is 1. The topological polar surface area (TPSA) is 33.1 Å². The molecule has 0 spiro atoms. The van der Waals surface area contributed by atoms with E-state index in [9.17, 15) is 18.3 Å². The Bertz CT molecular complexity index is 647. The second kappa shape index (κ2) is 5.81. The maximum Gasteiger partial charge on any atom is 0.268 e. The van der Waals surface area contributed by atoms with Gasteiger partial charge in [0.15, 0.2) is 0 Å². The number of hydrogen-bond acceptors (Lipinski definition) is 2. The highest BCUT2D eigenvalue weighted by Gasteiger charge is 2.22. The van der Waals surface area contributed by atoms with E-state index < -0.39 is 17.8 Å². The van der Waals surface area contributed by atoms with Crippen LogP contribution in [-0.2, 0) is 6.61 Å². The predicted octanol–water partition coefficient (Wildman–Crippen LogP) is 4.28. The van der Waals surface area contributed by atoms with Crippen LogP contribution in [0, 0.1) is 12.7 Å². The largest absolute Gasteiger partial charge is 0.392 e. The Morgan fingerprint density at radius 3 is 2.60 bits per heavy atom. The van der Waals surface area contributed by atoms with Crippen LogP contribution in [-0.4, -0.2) is 10.1 Å². The van der Waals surface area contributed by atoms with Gasteiger partial charge in [-0.3, -0.25) is 4.98 Å². The minimum Gasteiger partial charge on any atom is -0.392 e. The standard InChI is InChI=1S/C14H11ClF3NO/c1-7-4-10(8(6-20)5-19-7)9-2-3-11(15)12(13(9)16)14(17)18/h2-5,14,20H,6H2,1H3. The summed E-state index contributed by atoms with van der Waals surface area (Å²) in [5.74, 6) is -1.08. The number of benzene rings is 1. The molecule has 2 nitrogen and oxygen atoms in total. The highest BCUT2D eigenvalue weighted by molar-refractivity contribution is 6.31. The van der Waals surface area contributed by atoms with Gasteiger partial charge in [0.25, 0.3) is 6.43 Å². The third-order valence-electron chi connectivity index (χ3n) is 2.93. The zero-order valence-electron chi connectivity index (χ0n) is 10.5. The number of aliphatic hydroxyl groups is 1. The molecule has 20 heavy (non-hydrogen) atoms. The first kappa shape index (κ1) is 14.8. The van der Waals surface area contributed by atoms with Crippen LogP contribution >= 0.6 is 11.6 Å². The van der Waals surface area contributed by atoms with Gasteiger partial charge < -0.3 is 5.11 Å². The Morgan fingerprint density at radius 2 is 2.00 bits per heavy atom. The first-order valence-electron chi connectivity index (χ1n) is 5.78. The lowest BCUT2D eigenvalue weighted by Crippen LogP contribution is -1.99. The van der Waals surface area contributed by atoms with Gasteiger partial charge in [-0.25, -0.2) is 13.2 Å². The van der Waals surface area contributed by atoms with E-state index in [-0.39, 0.29) is 17.2 Å². The van der Waals surface area contributed by atoms with Gasteiger partial charge in [0.05, 0.1) is 17.2 Å². The maximum atomic E-state index is 14.3. The summed E-state index contributed by atoms with van der Waals surface area (Å²) in [5, 5.41) is 8.94. The molecule has 6 heteroatoms. The number of aryl methyl sites for hydroxylation is 1. The van der Waals surface area contributed by atoms with Crippen LogP contribution in [0.3, 0.4) is 0 Å². The van der Waals surface area contributed by atoms with Gasteiger partial charge in [-0.05, 0) is 30.7 Å². The number of alkyl halides is 2. The average Bonchev–Trinajstić information content (AvgIpc) is 2.38. The van der Waals surface area contributed by atoms with E-state index in [0.29, 0.717) is 16.8 Å². The van der Waals surface area contributed by atoms with Crippen molar-refractivity contribution < 1.29 is 18.3 Å². The van der Waals surface area contributed by atoms with Crippen molar-refractivity contribution >= 4 is 11.6 Å². The van der Waals surface area contributed by atoms with Gasteiger partial charge in [-0.1, -0.05) is 11.6 Å². The summed E-state index contributed by atoms with van der Waals surface area (Å²) < 4.78 is 40.0. The molecule has 0 aliphatic heterocycles. The minimum absolute atomic E-state index is 0.0285.